The molecule has 0 spiro atoms. The van der Waals surface area contributed by atoms with E-state index in [0.29, 0.717) is 6.33 Å². The third-order valence-electron chi connectivity index (χ3n) is 0.218. The van der Waals surface area contributed by atoms with E-state index in [4.69, 9.17) is 23.2 Å². The van der Waals surface area contributed by atoms with Gasteiger partial charge in [-0.15, -0.1) is 23.2 Å². The van der Waals surface area contributed by atoms with E-state index in [-0.39, 0.29) is 0 Å². The van der Waals surface area contributed by atoms with Crippen LogP contribution < -0.4 is 0 Å². The normalized spacial score (nSPS) is 11.3. The summed E-state index contributed by atoms with van der Waals surface area (Å²) in [5.41, 5.74) is 0. The first-order valence-electron chi connectivity index (χ1n) is 1.32. The summed E-state index contributed by atoms with van der Waals surface area (Å²) in [6.07, 6.45) is 1.34. The van der Waals surface area contributed by atoms with Crippen molar-refractivity contribution in [3.05, 3.63) is 12.4 Å². The van der Waals surface area contributed by atoms with Crippen LogP contribution in [-0.2, 0) is 0 Å². The van der Waals surface area contributed by atoms with E-state index in [2.05, 4.69) is 0 Å². The first-order valence-corrected chi connectivity index (χ1v) is 2.19. The molecule has 0 saturated carbocycles. The molecule has 0 fully saturated rings. The highest BCUT2D eigenvalue weighted by Gasteiger charge is 1.84. The number of alkyl halides is 2. The summed E-state index contributed by atoms with van der Waals surface area (Å²) >= 11 is 10.0. The second-order valence-corrected chi connectivity index (χ2v) is 1.82. The minimum atomic E-state index is -0.713. The van der Waals surface area contributed by atoms with Gasteiger partial charge in [0.15, 0.2) is 0 Å². The molecule has 0 N–H and O–H groups in total. The van der Waals surface area contributed by atoms with Crippen molar-refractivity contribution in [1.82, 2.24) is 0 Å². The van der Waals surface area contributed by atoms with Gasteiger partial charge in [-0.25, -0.2) is 4.39 Å². The van der Waals surface area contributed by atoms with Crippen LogP contribution in [0.5, 0.6) is 0 Å². The van der Waals surface area contributed by atoms with Crippen LogP contribution in [0.15, 0.2) is 12.4 Å². The van der Waals surface area contributed by atoms with E-state index in [9.17, 15) is 4.39 Å². The molecule has 3 heteroatoms. The molecule has 0 aliphatic heterocycles. The molecule has 0 atom stereocenters. The van der Waals surface area contributed by atoms with Crippen molar-refractivity contribution < 1.29 is 4.39 Å². The highest BCUT2D eigenvalue weighted by molar-refractivity contribution is 6.45. The van der Waals surface area contributed by atoms with Crippen molar-refractivity contribution in [3.8, 4) is 0 Å². The Kier molecular flexibility index (Phi) is 3.58. The lowest BCUT2D eigenvalue weighted by Crippen LogP contribution is -1.71. The molecule has 0 nitrogen and oxygen atoms in total. The Balaban J connectivity index is 3.03. The first kappa shape index (κ1) is 6.25. The van der Waals surface area contributed by atoms with Crippen molar-refractivity contribution in [2.75, 3.05) is 0 Å². The molecule has 0 aliphatic carbocycles. The topological polar surface area (TPSA) is 0 Å². The zero-order valence-electron chi connectivity index (χ0n) is 2.87. The monoisotopic (exact) mass is 128 g/mol. The van der Waals surface area contributed by atoms with Gasteiger partial charge in [0.1, 0.15) is 4.84 Å². The third kappa shape index (κ3) is 4.25. The van der Waals surface area contributed by atoms with Crippen molar-refractivity contribution >= 4 is 23.2 Å². The van der Waals surface area contributed by atoms with Crippen LogP contribution in [0.1, 0.15) is 0 Å². The standard InChI is InChI=1S/C3H3Cl2F/c4-3(5)1-2-6/h1-3H. The smallest absolute Gasteiger partial charge is 0.128 e. The fraction of sp³-hybridized carbons (Fsp3) is 0.333. The van der Waals surface area contributed by atoms with E-state index >= 15 is 0 Å². The summed E-state index contributed by atoms with van der Waals surface area (Å²) < 4.78 is 10.9. The minimum absolute atomic E-state index is 0.310. The van der Waals surface area contributed by atoms with Gasteiger partial charge in [-0.2, -0.15) is 0 Å². The van der Waals surface area contributed by atoms with Gasteiger partial charge in [0.25, 0.3) is 0 Å². The maximum Gasteiger partial charge on any atom is 0.128 e. The lowest BCUT2D eigenvalue weighted by atomic mass is 10.7. The molecule has 0 aromatic carbocycles. The summed E-state index contributed by atoms with van der Waals surface area (Å²) in [6, 6.07) is 0. The maximum atomic E-state index is 10.9. The molecule has 0 amide bonds. The molecule has 36 valence electrons. The van der Waals surface area contributed by atoms with Crippen molar-refractivity contribution in [2.24, 2.45) is 0 Å². The Labute approximate surface area is 45.6 Å². The van der Waals surface area contributed by atoms with Gasteiger partial charge in [0.05, 0.1) is 6.33 Å². The molecule has 0 heterocycles. The average Bonchev–Trinajstić information content (AvgIpc) is 1.35. The van der Waals surface area contributed by atoms with Gasteiger partial charge < -0.3 is 0 Å². The first-order chi connectivity index (χ1) is 2.77. The largest absolute Gasteiger partial charge is 0.216 e. The summed E-state index contributed by atoms with van der Waals surface area (Å²) in [5.74, 6) is 0. The van der Waals surface area contributed by atoms with Gasteiger partial charge in [-0.3, -0.25) is 0 Å². The van der Waals surface area contributed by atoms with Gasteiger partial charge in [0, 0.05) is 0 Å². The van der Waals surface area contributed by atoms with E-state index in [1.807, 2.05) is 0 Å². The van der Waals surface area contributed by atoms with Crippen LogP contribution in [0.25, 0.3) is 0 Å². The minimum Gasteiger partial charge on any atom is -0.216 e. The average molecular weight is 129 g/mol. The SMILES string of the molecule is FC=CC(Cl)Cl. The molecule has 0 radical (unpaired) electrons. The van der Waals surface area contributed by atoms with Crippen molar-refractivity contribution in [2.45, 2.75) is 4.84 Å². The van der Waals surface area contributed by atoms with Gasteiger partial charge in [0.2, 0.25) is 0 Å². The Morgan fingerprint density at radius 1 is 1.50 bits per heavy atom. The molecular formula is C3H3Cl2F. The quantitative estimate of drug-likeness (QED) is 0.476. The van der Waals surface area contributed by atoms with Gasteiger partial charge in [-0.1, -0.05) is 0 Å². The van der Waals surface area contributed by atoms with E-state index in [1.165, 1.54) is 0 Å². The van der Waals surface area contributed by atoms with Crippen LogP contribution >= 0.6 is 23.2 Å². The molecule has 6 heavy (non-hydrogen) atoms. The zero-order valence-corrected chi connectivity index (χ0v) is 4.38. The van der Waals surface area contributed by atoms with E-state index < -0.39 is 4.84 Å². The summed E-state index contributed by atoms with van der Waals surface area (Å²) in [4.78, 5) is -0.713. The molecule has 0 unspecified atom stereocenters. The molecule has 0 bridgehead atoms. The predicted molar refractivity (Wildman–Crippen MR) is 25.7 cm³/mol. The molecular weight excluding hydrogens is 126 g/mol. The fourth-order valence-corrected chi connectivity index (χ4v) is 0.165. The van der Waals surface area contributed by atoms with Crippen LogP contribution in [0.3, 0.4) is 0 Å². The van der Waals surface area contributed by atoms with Crippen LogP contribution in [0.4, 0.5) is 4.39 Å². The number of halogens is 3. The highest BCUT2D eigenvalue weighted by atomic mass is 35.5. The van der Waals surface area contributed by atoms with Crippen molar-refractivity contribution in [1.29, 1.82) is 0 Å². The Morgan fingerprint density at radius 3 is 2.00 bits per heavy atom. The summed E-state index contributed by atoms with van der Waals surface area (Å²) in [6.45, 7) is 0. The fourth-order valence-electron chi connectivity index (χ4n) is 0.0550. The number of allylic oxidation sites excluding steroid dienone is 1. The maximum absolute atomic E-state index is 10.9. The molecule has 0 rings (SSSR count). The highest BCUT2D eigenvalue weighted by Crippen LogP contribution is 2.01. The van der Waals surface area contributed by atoms with Crippen LogP contribution in [0.2, 0.25) is 0 Å². The Hall–Kier alpha value is 0.250. The van der Waals surface area contributed by atoms with E-state index in [0.717, 1.165) is 6.08 Å². The zero-order chi connectivity index (χ0) is 4.99. The molecule has 0 aliphatic rings. The van der Waals surface area contributed by atoms with Crippen molar-refractivity contribution in [3.63, 3.8) is 0 Å². The second kappa shape index (κ2) is 3.44. The number of rotatable bonds is 1. The molecule has 0 aromatic rings. The second-order valence-electron chi connectivity index (χ2n) is 0.653. The third-order valence-corrected chi connectivity index (χ3v) is 0.509. The van der Waals surface area contributed by atoms with Gasteiger partial charge in [-0.05, 0) is 6.08 Å². The van der Waals surface area contributed by atoms with Crippen LogP contribution in [-0.4, -0.2) is 4.84 Å². The summed E-state index contributed by atoms with van der Waals surface area (Å²) in [5, 5.41) is 0. The van der Waals surface area contributed by atoms with Crippen LogP contribution in [0, 0.1) is 0 Å². The van der Waals surface area contributed by atoms with E-state index in [1.54, 1.807) is 0 Å². The Bertz CT molecular complexity index is 50.8. The molecule has 0 saturated heterocycles. The number of hydrogen-bond donors (Lipinski definition) is 0. The Morgan fingerprint density at radius 2 is 2.00 bits per heavy atom. The number of hydrogen-bond acceptors (Lipinski definition) is 0. The van der Waals surface area contributed by atoms with Gasteiger partial charge >= 0.3 is 0 Å². The lowest BCUT2D eigenvalue weighted by Gasteiger charge is -1.79. The predicted octanol–water partition coefficient (Wildman–Crippen LogP) is 2.27. The lowest BCUT2D eigenvalue weighted by molar-refractivity contribution is 0.718. The molecule has 0 aromatic heterocycles. The summed E-state index contributed by atoms with van der Waals surface area (Å²) in [7, 11) is 0.